The number of rotatable bonds is 5. The molecule has 0 fully saturated rings. The maximum absolute atomic E-state index is 11.6. The summed E-state index contributed by atoms with van der Waals surface area (Å²) < 4.78 is 4.64. The Morgan fingerprint density at radius 3 is 2.53 bits per heavy atom. The molecule has 1 aromatic carbocycles. The summed E-state index contributed by atoms with van der Waals surface area (Å²) in [6, 6.07) is 4.79. The van der Waals surface area contributed by atoms with Crippen molar-refractivity contribution in [2.24, 2.45) is 0 Å². The second-order valence-corrected chi connectivity index (χ2v) is 4.00. The van der Waals surface area contributed by atoms with Crippen LogP contribution in [0.2, 0.25) is 0 Å². The first-order valence-corrected chi connectivity index (χ1v) is 6.07. The molecule has 92 valence electrons. The molecule has 0 saturated heterocycles. The highest BCUT2D eigenvalue weighted by Gasteiger charge is 2.14. The minimum atomic E-state index is -0.499. The zero-order valence-electron chi connectivity index (χ0n) is 9.33. The fourth-order valence-corrected chi connectivity index (χ4v) is 1.80. The van der Waals surface area contributed by atoms with Crippen molar-refractivity contribution in [3.05, 3.63) is 34.9 Å². The van der Waals surface area contributed by atoms with Crippen molar-refractivity contribution in [3.63, 3.8) is 0 Å². The number of hydrogen-bond acceptors (Lipinski definition) is 3. The number of carbonyl (C=O) groups excluding carboxylic acids is 2. The summed E-state index contributed by atoms with van der Waals surface area (Å²) >= 11 is 11.2. The van der Waals surface area contributed by atoms with Crippen LogP contribution in [0.25, 0.3) is 0 Å². The van der Waals surface area contributed by atoms with E-state index in [1.165, 1.54) is 13.2 Å². The third kappa shape index (κ3) is 3.45. The summed E-state index contributed by atoms with van der Waals surface area (Å²) in [5.74, 6) is -0.162. The van der Waals surface area contributed by atoms with Crippen LogP contribution in [-0.2, 0) is 10.6 Å². The van der Waals surface area contributed by atoms with Gasteiger partial charge in [-0.05, 0) is 11.6 Å². The van der Waals surface area contributed by atoms with Crippen molar-refractivity contribution in [3.8, 4) is 0 Å². The third-order valence-electron chi connectivity index (χ3n) is 2.30. The van der Waals surface area contributed by atoms with Gasteiger partial charge in [-0.15, -0.1) is 23.2 Å². The summed E-state index contributed by atoms with van der Waals surface area (Å²) in [4.78, 5) is 23.1. The summed E-state index contributed by atoms with van der Waals surface area (Å²) in [7, 11) is 1.29. The fourth-order valence-electron chi connectivity index (χ4n) is 1.40. The predicted molar refractivity (Wildman–Crippen MR) is 67.0 cm³/mol. The number of ether oxygens (including phenoxy) is 1. The fraction of sp³-hybridized carbons (Fsp3) is 0.333. The molecule has 0 N–H and O–H groups in total. The maximum Gasteiger partial charge on any atom is 0.338 e. The number of carbonyl (C=O) groups is 2. The second kappa shape index (κ2) is 6.62. The topological polar surface area (TPSA) is 43.4 Å². The van der Waals surface area contributed by atoms with E-state index in [2.05, 4.69) is 4.74 Å². The van der Waals surface area contributed by atoms with E-state index < -0.39 is 5.97 Å². The number of halogens is 2. The van der Waals surface area contributed by atoms with Crippen molar-refractivity contribution >= 4 is 35.0 Å². The van der Waals surface area contributed by atoms with E-state index in [-0.39, 0.29) is 24.0 Å². The van der Waals surface area contributed by atoms with E-state index in [4.69, 9.17) is 23.2 Å². The molecule has 0 aliphatic heterocycles. The van der Waals surface area contributed by atoms with Gasteiger partial charge in [-0.1, -0.05) is 12.1 Å². The molecule has 0 saturated carbocycles. The first-order chi connectivity index (χ1) is 8.13. The SMILES string of the molecule is COC(=O)c1cc(C(=O)CCCl)ccc1CCl. The van der Waals surface area contributed by atoms with Gasteiger partial charge in [0.2, 0.25) is 0 Å². The normalized spacial score (nSPS) is 10.1. The number of hydrogen-bond donors (Lipinski definition) is 0. The van der Waals surface area contributed by atoms with Crippen molar-refractivity contribution in [1.82, 2.24) is 0 Å². The number of ketones is 1. The molecule has 0 radical (unpaired) electrons. The molecule has 1 rings (SSSR count). The molecule has 0 unspecified atom stereocenters. The molecule has 0 aliphatic carbocycles. The Bertz CT molecular complexity index is 430. The average Bonchev–Trinajstić information content (AvgIpc) is 2.37. The molecule has 0 amide bonds. The van der Waals surface area contributed by atoms with E-state index in [1.54, 1.807) is 12.1 Å². The highest BCUT2D eigenvalue weighted by atomic mass is 35.5. The predicted octanol–water partition coefficient (Wildman–Crippen LogP) is 3.02. The van der Waals surface area contributed by atoms with Crippen LogP contribution in [0.5, 0.6) is 0 Å². The first kappa shape index (κ1) is 14.0. The smallest absolute Gasteiger partial charge is 0.338 e. The van der Waals surface area contributed by atoms with Gasteiger partial charge in [-0.2, -0.15) is 0 Å². The molecule has 5 heteroatoms. The number of esters is 1. The molecule has 0 spiro atoms. The van der Waals surface area contributed by atoms with Crippen LogP contribution in [0.1, 0.15) is 32.7 Å². The molecule has 0 aliphatic rings. The zero-order chi connectivity index (χ0) is 12.8. The van der Waals surface area contributed by atoms with Crippen molar-refractivity contribution in [1.29, 1.82) is 0 Å². The van der Waals surface area contributed by atoms with Gasteiger partial charge in [0.25, 0.3) is 0 Å². The van der Waals surface area contributed by atoms with Gasteiger partial charge in [0.15, 0.2) is 5.78 Å². The van der Waals surface area contributed by atoms with Crippen LogP contribution in [0.3, 0.4) is 0 Å². The van der Waals surface area contributed by atoms with Gasteiger partial charge in [0, 0.05) is 23.7 Å². The van der Waals surface area contributed by atoms with E-state index in [0.29, 0.717) is 16.7 Å². The largest absolute Gasteiger partial charge is 0.465 e. The molecule has 0 aromatic heterocycles. The van der Waals surface area contributed by atoms with Crippen LogP contribution in [-0.4, -0.2) is 24.7 Å². The van der Waals surface area contributed by atoms with Crippen LogP contribution >= 0.6 is 23.2 Å². The Hall–Kier alpha value is -1.06. The summed E-state index contributed by atoms with van der Waals surface area (Å²) in [6.07, 6.45) is 0.238. The lowest BCUT2D eigenvalue weighted by Crippen LogP contribution is -2.08. The molecule has 1 aromatic rings. The number of methoxy groups -OCH3 is 1. The molecule has 0 bridgehead atoms. The molecular formula is C12H12Cl2O3. The Kier molecular flexibility index (Phi) is 5.45. The maximum atomic E-state index is 11.6. The minimum Gasteiger partial charge on any atom is -0.465 e. The van der Waals surface area contributed by atoms with Gasteiger partial charge in [0.05, 0.1) is 12.7 Å². The lowest BCUT2D eigenvalue weighted by molar-refractivity contribution is 0.0600. The summed E-state index contributed by atoms with van der Waals surface area (Å²) in [5, 5.41) is 0. The van der Waals surface area contributed by atoms with Gasteiger partial charge in [-0.25, -0.2) is 4.79 Å². The van der Waals surface area contributed by atoms with Crippen molar-refractivity contribution < 1.29 is 14.3 Å². The Balaban J connectivity index is 3.13. The zero-order valence-corrected chi connectivity index (χ0v) is 10.8. The lowest BCUT2D eigenvalue weighted by atomic mass is 10.0. The van der Waals surface area contributed by atoms with Crippen LogP contribution in [0.4, 0.5) is 0 Å². The number of alkyl halides is 2. The van der Waals surface area contributed by atoms with E-state index in [9.17, 15) is 9.59 Å². The van der Waals surface area contributed by atoms with E-state index in [1.807, 2.05) is 0 Å². The number of benzene rings is 1. The van der Waals surface area contributed by atoms with E-state index in [0.717, 1.165) is 0 Å². The monoisotopic (exact) mass is 274 g/mol. The molecule has 3 nitrogen and oxygen atoms in total. The average molecular weight is 275 g/mol. The first-order valence-electron chi connectivity index (χ1n) is 5.00. The van der Waals surface area contributed by atoms with Gasteiger partial charge in [-0.3, -0.25) is 4.79 Å². The minimum absolute atomic E-state index is 0.105. The van der Waals surface area contributed by atoms with Crippen molar-refractivity contribution in [2.45, 2.75) is 12.3 Å². The van der Waals surface area contributed by atoms with Crippen molar-refractivity contribution in [2.75, 3.05) is 13.0 Å². The number of Topliss-reactive ketones (excluding diaryl/α,β-unsaturated/α-hetero) is 1. The molecule has 0 heterocycles. The van der Waals surface area contributed by atoms with Gasteiger partial charge >= 0.3 is 5.97 Å². The van der Waals surface area contributed by atoms with E-state index >= 15 is 0 Å². The highest BCUT2D eigenvalue weighted by molar-refractivity contribution is 6.19. The van der Waals surface area contributed by atoms with Gasteiger partial charge < -0.3 is 4.74 Å². The third-order valence-corrected chi connectivity index (χ3v) is 2.78. The van der Waals surface area contributed by atoms with Crippen LogP contribution in [0, 0.1) is 0 Å². The second-order valence-electron chi connectivity index (χ2n) is 3.36. The van der Waals surface area contributed by atoms with Crippen LogP contribution in [0.15, 0.2) is 18.2 Å². The summed E-state index contributed by atoms with van der Waals surface area (Å²) in [5.41, 5.74) is 1.41. The quantitative estimate of drug-likeness (QED) is 0.471. The molecular weight excluding hydrogens is 263 g/mol. The molecule has 17 heavy (non-hydrogen) atoms. The Labute approximate surface area is 110 Å². The standard InChI is InChI=1S/C12H12Cl2O3/c1-17-12(16)10-6-8(11(15)4-5-13)2-3-9(10)7-14/h2-3,6H,4-5,7H2,1H3. The Morgan fingerprint density at radius 1 is 1.29 bits per heavy atom. The highest BCUT2D eigenvalue weighted by Crippen LogP contribution is 2.17. The van der Waals surface area contributed by atoms with Gasteiger partial charge in [0.1, 0.15) is 0 Å². The lowest BCUT2D eigenvalue weighted by Gasteiger charge is -2.07. The molecule has 0 atom stereocenters. The summed E-state index contributed by atoms with van der Waals surface area (Å²) in [6.45, 7) is 0. The van der Waals surface area contributed by atoms with Crippen LogP contribution < -0.4 is 0 Å². The Morgan fingerprint density at radius 2 is 2.00 bits per heavy atom.